The molecule has 10 nitrogen and oxygen atoms in total. The molecule has 0 radical (unpaired) electrons. The molecule has 4 unspecified atom stereocenters. The Labute approximate surface area is 144 Å². The van der Waals surface area contributed by atoms with Crippen LogP contribution in [0.2, 0.25) is 0 Å². The molecule has 3 heterocycles. The van der Waals surface area contributed by atoms with E-state index in [1.54, 1.807) is 10.9 Å². The van der Waals surface area contributed by atoms with Crippen molar-refractivity contribution in [1.82, 2.24) is 24.8 Å². The van der Waals surface area contributed by atoms with Crippen LogP contribution in [-0.4, -0.2) is 60.5 Å². The van der Waals surface area contributed by atoms with Crippen LogP contribution < -0.4 is 11.1 Å². The summed E-state index contributed by atoms with van der Waals surface area (Å²) in [6.45, 7) is 3.51. The first kappa shape index (κ1) is 17.5. The summed E-state index contributed by atoms with van der Waals surface area (Å²) in [4.78, 5) is 23.9. The van der Waals surface area contributed by atoms with Crippen molar-refractivity contribution in [1.29, 1.82) is 0 Å². The molecule has 0 bridgehead atoms. The van der Waals surface area contributed by atoms with Crippen LogP contribution in [0.4, 0.5) is 5.82 Å². The van der Waals surface area contributed by atoms with Crippen molar-refractivity contribution < 1.29 is 19.7 Å². The van der Waals surface area contributed by atoms with Crippen LogP contribution in [-0.2, 0) is 9.53 Å². The number of nitrogens with zero attached hydrogens (tertiary/aromatic N) is 4. The third kappa shape index (κ3) is 3.28. The van der Waals surface area contributed by atoms with Gasteiger partial charge in [0.1, 0.15) is 17.9 Å². The highest BCUT2D eigenvalue weighted by molar-refractivity contribution is 5.81. The number of ether oxygens (including phenoxy) is 1. The molecule has 136 valence electrons. The van der Waals surface area contributed by atoms with E-state index in [9.17, 15) is 15.0 Å². The maximum Gasteiger partial charge on any atom is 0.320 e. The molecule has 5 N–H and O–H groups in total. The van der Waals surface area contributed by atoms with Gasteiger partial charge in [-0.25, -0.2) is 15.0 Å². The average molecular weight is 350 g/mol. The topological polar surface area (TPSA) is 148 Å². The number of nitrogen functional groups attached to an aromatic ring is 1. The highest BCUT2D eigenvalue weighted by Gasteiger charge is 2.39. The number of rotatable bonds is 6. The Morgan fingerprint density at radius 2 is 2.24 bits per heavy atom. The zero-order chi connectivity index (χ0) is 18.1. The van der Waals surface area contributed by atoms with E-state index >= 15 is 0 Å². The average Bonchev–Trinajstić information content (AvgIpc) is 3.16. The number of hydrogen-bond acceptors (Lipinski definition) is 8. The van der Waals surface area contributed by atoms with Crippen molar-refractivity contribution in [3.05, 3.63) is 12.7 Å². The Morgan fingerprint density at radius 3 is 2.88 bits per heavy atom. The van der Waals surface area contributed by atoms with Crippen LogP contribution in [0.5, 0.6) is 0 Å². The largest absolute Gasteiger partial charge is 0.480 e. The number of carbonyl (C=O) groups is 1. The minimum atomic E-state index is -0.928. The van der Waals surface area contributed by atoms with E-state index in [-0.39, 0.29) is 24.4 Å². The van der Waals surface area contributed by atoms with E-state index in [0.717, 1.165) is 0 Å². The Bertz CT molecular complexity index is 764. The molecule has 0 aromatic carbocycles. The number of nitrogens with two attached hydrogens (primary N) is 1. The third-order valence-electron chi connectivity index (χ3n) is 4.38. The molecule has 3 rings (SSSR count). The zero-order valence-corrected chi connectivity index (χ0v) is 14.0. The second-order valence-electron chi connectivity index (χ2n) is 6.48. The quantitative estimate of drug-likeness (QED) is 0.553. The number of aliphatic hydroxyl groups excluding tert-OH is 1. The van der Waals surface area contributed by atoms with E-state index < -0.39 is 24.3 Å². The number of aliphatic hydroxyl groups is 1. The molecule has 2 aromatic rings. The molecule has 1 aliphatic rings. The predicted octanol–water partition coefficient (Wildman–Crippen LogP) is -0.244. The van der Waals surface area contributed by atoms with Crippen LogP contribution in [0.15, 0.2) is 12.7 Å². The fourth-order valence-electron chi connectivity index (χ4n) is 3.11. The van der Waals surface area contributed by atoms with Gasteiger partial charge in [-0.15, -0.1) is 0 Å². The van der Waals surface area contributed by atoms with Crippen LogP contribution in [0, 0.1) is 5.92 Å². The second kappa shape index (κ2) is 6.90. The van der Waals surface area contributed by atoms with Crippen molar-refractivity contribution in [2.24, 2.45) is 5.92 Å². The highest BCUT2D eigenvalue weighted by Crippen LogP contribution is 2.32. The molecular formula is C15H22N6O4. The number of aromatic nitrogens is 4. The van der Waals surface area contributed by atoms with Crippen LogP contribution in [0.1, 0.15) is 26.5 Å². The summed E-state index contributed by atoms with van der Waals surface area (Å²) >= 11 is 0. The smallest absolute Gasteiger partial charge is 0.320 e. The summed E-state index contributed by atoms with van der Waals surface area (Å²) in [5, 5.41) is 22.1. The van der Waals surface area contributed by atoms with Crippen molar-refractivity contribution in [2.45, 2.75) is 44.7 Å². The summed E-state index contributed by atoms with van der Waals surface area (Å²) in [6, 6.07) is -1.06. The Kier molecular flexibility index (Phi) is 4.84. The van der Waals surface area contributed by atoms with Gasteiger partial charge in [0.05, 0.1) is 25.1 Å². The SMILES string of the molecule is CC(C)C(NC1CC(CO)OC1n1cnc2c(N)ncnc21)C(=O)O. The summed E-state index contributed by atoms with van der Waals surface area (Å²) in [5.41, 5.74) is 6.77. The molecule has 25 heavy (non-hydrogen) atoms. The minimum Gasteiger partial charge on any atom is -0.480 e. The van der Waals surface area contributed by atoms with Gasteiger partial charge in [0, 0.05) is 0 Å². The number of imidazole rings is 1. The lowest BCUT2D eigenvalue weighted by molar-refractivity contribution is -0.141. The van der Waals surface area contributed by atoms with Gasteiger partial charge in [0.15, 0.2) is 17.7 Å². The lowest BCUT2D eigenvalue weighted by Crippen LogP contribution is -2.48. The molecule has 0 aliphatic carbocycles. The van der Waals surface area contributed by atoms with Gasteiger partial charge >= 0.3 is 5.97 Å². The number of hydrogen-bond donors (Lipinski definition) is 4. The van der Waals surface area contributed by atoms with E-state index in [0.29, 0.717) is 17.6 Å². The Balaban J connectivity index is 1.93. The standard InChI is InChI=1S/C15H22N6O4/c1-7(2)10(15(23)24)20-9-3-8(4-22)25-14(9)21-6-19-11-12(16)17-5-18-13(11)21/h5-10,14,20,22H,3-4H2,1-2H3,(H,23,24)(H2,16,17,18). The maximum atomic E-state index is 11.5. The highest BCUT2D eigenvalue weighted by atomic mass is 16.5. The van der Waals surface area contributed by atoms with Crippen molar-refractivity contribution in [3.63, 3.8) is 0 Å². The lowest BCUT2D eigenvalue weighted by atomic mass is 10.0. The van der Waals surface area contributed by atoms with E-state index in [2.05, 4.69) is 20.3 Å². The number of anilines is 1. The van der Waals surface area contributed by atoms with Gasteiger partial charge in [-0.1, -0.05) is 13.8 Å². The van der Waals surface area contributed by atoms with Crippen LogP contribution in [0.3, 0.4) is 0 Å². The van der Waals surface area contributed by atoms with Gasteiger partial charge in [-0.05, 0) is 12.3 Å². The van der Waals surface area contributed by atoms with Gasteiger partial charge < -0.3 is 20.7 Å². The van der Waals surface area contributed by atoms with Crippen LogP contribution >= 0.6 is 0 Å². The molecule has 1 fully saturated rings. The molecule has 1 saturated heterocycles. The molecule has 0 spiro atoms. The maximum absolute atomic E-state index is 11.5. The molecule has 0 amide bonds. The molecule has 4 atom stereocenters. The first-order valence-corrected chi connectivity index (χ1v) is 8.10. The number of fused-ring (bicyclic) bond motifs is 1. The Hall–Kier alpha value is -2.30. The fourth-order valence-corrected chi connectivity index (χ4v) is 3.11. The fraction of sp³-hybridized carbons (Fsp3) is 0.600. The van der Waals surface area contributed by atoms with Gasteiger partial charge in [0.2, 0.25) is 0 Å². The zero-order valence-electron chi connectivity index (χ0n) is 14.0. The van der Waals surface area contributed by atoms with Crippen LogP contribution in [0.25, 0.3) is 11.2 Å². The number of carboxylic acid groups (broad SMARTS) is 1. The minimum absolute atomic E-state index is 0.108. The Morgan fingerprint density at radius 1 is 1.48 bits per heavy atom. The second-order valence-corrected chi connectivity index (χ2v) is 6.48. The van der Waals surface area contributed by atoms with E-state index in [1.165, 1.54) is 6.33 Å². The molecule has 1 aliphatic heterocycles. The van der Waals surface area contributed by atoms with Crippen molar-refractivity contribution in [3.8, 4) is 0 Å². The first-order valence-electron chi connectivity index (χ1n) is 8.10. The molecular weight excluding hydrogens is 328 g/mol. The van der Waals surface area contributed by atoms with Gasteiger partial charge in [-0.2, -0.15) is 0 Å². The normalized spacial score (nSPS) is 24.9. The molecule has 10 heteroatoms. The summed E-state index contributed by atoms with van der Waals surface area (Å²) < 4.78 is 7.59. The lowest BCUT2D eigenvalue weighted by Gasteiger charge is -2.26. The van der Waals surface area contributed by atoms with Gasteiger partial charge in [-0.3, -0.25) is 14.7 Å². The molecule has 2 aromatic heterocycles. The van der Waals surface area contributed by atoms with Crippen molar-refractivity contribution in [2.75, 3.05) is 12.3 Å². The van der Waals surface area contributed by atoms with Gasteiger partial charge in [0.25, 0.3) is 0 Å². The summed E-state index contributed by atoms with van der Waals surface area (Å²) in [7, 11) is 0. The monoisotopic (exact) mass is 350 g/mol. The van der Waals surface area contributed by atoms with E-state index in [1.807, 2.05) is 13.8 Å². The number of nitrogens with one attached hydrogen (secondary N) is 1. The van der Waals surface area contributed by atoms with Crippen molar-refractivity contribution >= 4 is 23.0 Å². The first-order chi connectivity index (χ1) is 11.9. The number of carboxylic acids is 1. The predicted molar refractivity (Wildman–Crippen MR) is 88.5 cm³/mol. The summed E-state index contributed by atoms with van der Waals surface area (Å²) in [5.74, 6) is -0.775. The van der Waals surface area contributed by atoms with E-state index in [4.69, 9.17) is 10.5 Å². The third-order valence-corrected chi connectivity index (χ3v) is 4.38. The molecule has 0 saturated carbocycles. The summed E-state index contributed by atoms with van der Waals surface area (Å²) in [6.07, 6.45) is 2.39. The number of aliphatic carboxylic acids is 1.